The molecule has 78 valence electrons. The molecule has 0 bridgehead atoms. The van der Waals surface area contributed by atoms with E-state index in [0.717, 1.165) is 15.6 Å². The summed E-state index contributed by atoms with van der Waals surface area (Å²) in [6.45, 7) is 2.02. The molecule has 4 nitrogen and oxygen atoms in total. The number of nitrogens with zero attached hydrogens (tertiary/aromatic N) is 2. The molecule has 0 radical (unpaired) electrons. The quantitative estimate of drug-likeness (QED) is 0.833. The van der Waals surface area contributed by atoms with Crippen LogP contribution in [0.5, 0.6) is 0 Å². The van der Waals surface area contributed by atoms with E-state index in [1.54, 1.807) is 29.7 Å². The Morgan fingerprint density at radius 1 is 1.47 bits per heavy atom. The standard InChI is InChI=1S/C10H11N3OS/c1-7-5-12-10(15-7)13-9-4-8(6-14)2-3-11-9/h2-5,14H,6H2,1H3,(H,11,12,13). The molecule has 0 aliphatic rings. The molecule has 0 fully saturated rings. The van der Waals surface area contributed by atoms with Crippen LogP contribution in [0.15, 0.2) is 24.5 Å². The Morgan fingerprint density at radius 3 is 3.00 bits per heavy atom. The number of rotatable bonds is 3. The fraction of sp³-hybridized carbons (Fsp3) is 0.200. The summed E-state index contributed by atoms with van der Waals surface area (Å²) >= 11 is 1.57. The summed E-state index contributed by atoms with van der Waals surface area (Å²) in [5.74, 6) is 0.705. The molecule has 2 heterocycles. The minimum Gasteiger partial charge on any atom is -0.392 e. The van der Waals surface area contributed by atoms with E-state index in [-0.39, 0.29) is 6.61 Å². The van der Waals surface area contributed by atoms with Crippen molar-refractivity contribution >= 4 is 22.3 Å². The minimum atomic E-state index is 0.0219. The van der Waals surface area contributed by atoms with Crippen molar-refractivity contribution in [3.63, 3.8) is 0 Å². The van der Waals surface area contributed by atoms with Gasteiger partial charge < -0.3 is 10.4 Å². The topological polar surface area (TPSA) is 58.0 Å². The summed E-state index contributed by atoms with van der Waals surface area (Å²) in [5.41, 5.74) is 0.834. The first-order chi connectivity index (χ1) is 7.28. The maximum Gasteiger partial charge on any atom is 0.188 e. The summed E-state index contributed by atoms with van der Waals surface area (Å²) in [4.78, 5) is 9.46. The van der Waals surface area contributed by atoms with Crippen LogP contribution in [-0.2, 0) is 6.61 Å². The third-order valence-electron chi connectivity index (χ3n) is 1.86. The molecule has 0 aliphatic carbocycles. The Hall–Kier alpha value is -1.46. The van der Waals surface area contributed by atoms with E-state index in [2.05, 4.69) is 15.3 Å². The fourth-order valence-electron chi connectivity index (χ4n) is 1.16. The molecule has 0 amide bonds. The van der Waals surface area contributed by atoms with Gasteiger partial charge >= 0.3 is 0 Å². The molecule has 15 heavy (non-hydrogen) atoms. The monoisotopic (exact) mass is 221 g/mol. The normalized spacial score (nSPS) is 10.3. The van der Waals surface area contributed by atoms with Crippen LogP contribution < -0.4 is 5.32 Å². The molecule has 2 rings (SSSR count). The number of anilines is 2. The van der Waals surface area contributed by atoms with Crippen LogP contribution in [0.3, 0.4) is 0 Å². The van der Waals surface area contributed by atoms with Crippen LogP contribution in [0, 0.1) is 6.92 Å². The number of hydrogen-bond donors (Lipinski definition) is 2. The van der Waals surface area contributed by atoms with Crippen molar-refractivity contribution in [3.8, 4) is 0 Å². The van der Waals surface area contributed by atoms with Gasteiger partial charge in [0.25, 0.3) is 0 Å². The van der Waals surface area contributed by atoms with Crippen LogP contribution in [0.4, 0.5) is 10.9 Å². The van der Waals surface area contributed by atoms with E-state index >= 15 is 0 Å². The maximum atomic E-state index is 8.96. The maximum absolute atomic E-state index is 8.96. The van der Waals surface area contributed by atoms with Crippen molar-refractivity contribution in [2.75, 3.05) is 5.32 Å². The first-order valence-corrected chi connectivity index (χ1v) is 5.35. The Balaban J connectivity index is 2.16. The summed E-state index contributed by atoms with van der Waals surface area (Å²) in [6.07, 6.45) is 3.47. The van der Waals surface area contributed by atoms with Crippen molar-refractivity contribution in [2.45, 2.75) is 13.5 Å². The van der Waals surface area contributed by atoms with Gasteiger partial charge in [-0.2, -0.15) is 0 Å². The van der Waals surface area contributed by atoms with Gasteiger partial charge in [0.05, 0.1) is 6.61 Å². The van der Waals surface area contributed by atoms with Crippen LogP contribution >= 0.6 is 11.3 Å². The number of thiazole rings is 1. The van der Waals surface area contributed by atoms with Crippen LogP contribution in [0.25, 0.3) is 0 Å². The number of pyridine rings is 1. The molecule has 0 saturated heterocycles. The molecule has 0 aliphatic heterocycles. The van der Waals surface area contributed by atoms with Crippen LogP contribution in [0.1, 0.15) is 10.4 Å². The van der Waals surface area contributed by atoms with Crippen LogP contribution in [0.2, 0.25) is 0 Å². The molecule has 0 unspecified atom stereocenters. The Morgan fingerprint density at radius 2 is 2.33 bits per heavy atom. The average molecular weight is 221 g/mol. The number of nitrogens with one attached hydrogen (secondary N) is 1. The van der Waals surface area contributed by atoms with E-state index in [9.17, 15) is 0 Å². The van der Waals surface area contributed by atoms with E-state index in [1.165, 1.54) is 0 Å². The zero-order valence-electron chi connectivity index (χ0n) is 8.27. The van der Waals surface area contributed by atoms with Gasteiger partial charge in [-0.1, -0.05) is 0 Å². The zero-order valence-corrected chi connectivity index (χ0v) is 9.08. The minimum absolute atomic E-state index is 0.0219. The first kappa shape index (κ1) is 10.1. The molecule has 5 heteroatoms. The second-order valence-corrected chi connectivity index (χ2v) is 4.34. The number of hydrogen-bond acceptors (Lipinski definition) is 5. The average Bonchev–Trinajstić information content (AvgIpc) is 2.64. The highest BCUT2D eigenvalue weighted by molar-refractivity contribution is 7.15. The second kappa shape index (κ2) is 4.37. The highest BCUT2D eigenvalue weighted by atomic mass is 32.1. The molecule has 0 aromatic carbocycles. The van der Waals surface area contributed by atoms with Gasteiger partial charge in [-0.05, 0) is 24.6 Å². The summed E-state index contributed by atoms with van der Waals surface area (Å²) in [6, 6.07) is 3.58. The lowest BCUT2D eigenvalue weighted by atomic mass is 10.3. The third kappa shape index (κ3) is 2.51. The molecule has 0 atom stereocenters. The number of aryl methyl sites for hydroxylation is 1. The highest BCUT2D eigenvalue weighted by Gasteiger charge is 2.00. The van der Waals surface area contributed by atoms with Gasteiger partial charge in [0.2, 0.25) is 0 Å². The van der Waals surface area contributed by atoms with E-state index in [0.29, 0.717) is 5.82 Å². The highest BCUT2D eigenvalue weighted by Crippen LogP contribution is 2.20. The van der Waals surface area contributed by atoms with Crippen molar-refractivity contribution in [2.24, 2.45) is 0 Å². The number of aliphatic hydroxyl groups excluding tert-OH is 1. The first-order valence-electron chi connectivity index (χ1n) is 4.53. The Kier molecular flexibility index (Phi) is 2.94. The van der Waals surface area contributed by atoms with Gasteiger partial charge in [-0.3, -0.25) is 0 Å². The lowest BCUT2D eigenvalue weighted by molar-refractivity contribution is 0.282. The lowest BCUT2D eigenvalue weighted by Gasteiger charge is -2.02. The molecule has 2 aromatic heterocycles. The van der Waals surface area contributed by atoms with Crippen molar-refractivity contribution in [1.82, 2.24) is 9.97 Å². The predicted molar refractivity (Wildman–Crippen MR) is 60.3 cm³/mol. The summed E-state index contributed by atoms with van der Waals surface area (Å²) in [5, 5.41) is 12.9. The van der Waals surface area contributed by atoms with E-state index in [4.69, 9.17) is 5.11 Å². The van der Waals surface area contributed by atoms with E-state index in [1.807, 2.05) is 13.1 Å². The SMILES string of the molecule is Cc1cnc(Nc2cc(CO)ccn2)s1. The van der Waals surface area contributed by atoms with Gasteiger partial charge in [0.1, 0.15) is 5.82 Å². The fourth-order valence-corrected chi connectivity index (χ4v) is 1.83. The molecular formula is C10H11N3OS. The zero-order chi connectivity index (χ0) is 10.7. The van der Waals surface area contributed by atoms with Crippen molar-refractivity contribution in [3.05, 3.63) is 35.0 Å². The van der Waals surface area contributed by atoms with E-state index < -0.39 is 0 Å². The molecular weight excluding hydrogens is 210 g/mol. The van der Waals surface area contributed by atoms with Crippen molar-refractivity contribution in [1.29, 1.82) is 0 Å². The third-order valence-corrected chi connectivity index (χ3v) is 2.69. The smallest absolute Gasteiger partial charge is 0.188 e. The largest absolute Gasteiger partial charge is 0.392 e. The van der Waals surface area contributed by atoms with Crippen LogP contribution in [-0.4, -0.2) is 15.1 Å². The van der Waals surface area contributed by atoms with Gasteiger partial charge in [-0.25, -0.2) is 9.97 Å². The second-order valence-electron chi connectivity index (χ2n) is 3.11. The summed E-state index contributed by atoms with van der Waals surface area (Å²) < 4.78 is 0. The molecule has 2 aromatic rings. The summed E-state index contributed by atoms with van der Waals surface area (Å²) in [7, 11) is 0. The van der Waals surface area contributed by atoms with Gasteiger partial charge in [-0.15, -0.1) is 11.3 Å². The Labute approximate surface area is 91.6 Å². The number of aliphatic hydroxyl groups is 1. The Bertz CT molecular complexity index is 455. The molecule has 2 N–H and O–H groups in total. The van der Waals surface area contributed by atoms with Gasteiger partial charge in [0, 0.05) is 17.3 Å². The van der Waals surface area contributed by atoms with Gasteiger partial charge in [0.15, 0.2) is 5.13 Å². The van der Waals surface area contributed by atoms with Crippen molar-refractivity contribution < 1.29 is 5.11 Å². The predicted octanol–water partition coefficient (Wildman–Crippen LogP) is 2.08. The molecule has 0 spiro atoms. The molecule has 0 saturated carbocycles. The number of aromatic nitrogens is 2. The lowest BCUT2D eigenvalue weighted by Crippen LogP contribution is -1.94.